The molecule has 0 N–H and O–H groups in total. The van der Waals surface area contributed by atoms with E-state index < -0.39 is 16.2 Å². The molecule has 0 aromatic heterocycles. The zero-order valence-electron chi connectivity index (χ0n) is 9.21. The molecule has 0 saturated heterocycles. The molecule has 1 aromatic rings. The van der Waals surface area contributed by atoms with E-state index in [-0.39, 0.29) is 5.78 Å². The summed E-state index contributed by atoms with van der Waals surface area (Å²) in [7, 11) is -3.61. The second-order valence-corrected chi connectivity index (χ2v) is 5.03. The van der Waals surface area contributed by atoms with Crippen LogP contribution in [0.2, 0.25) is 0 Å². The van der Waals surface area contributed by atoms with Crippen molar-refractivity contribution in [3.63, 3.8) is 0 Å². The van der Waals surface area contributed by atoms with Crippen molar-refractivity contribution >= 4 is 15.9 Å². The van der Waals surface area contributed by atoms with Gasteiger partial charge in [0.05, 0.1) is 6.26 Å². The van der Waals surface area contributed by atoms with Crippen molar-refractivity contribution in [3.8, 4) is 0 Å². The van der Waals surface area contributed by atoms with E-state index in [0.717, 1.165) is 6.26 Å². The van der Waals surface area contributed by atoms with Gasteiger partial charge in [0.2, 0.25) is 0 Å². The van der Waals surface area contributed by atoms with Crippen LogP contribution in [0.3, 0.4) is 0 Å². The van der Waals surface area contributed by atoms with Crippen molar-refractivity contribution in [2.24, 2.45) is 0 Å². The molecule has 0 aliphatic heterocycles. The highest BCUT2D eigenvalue weighted by Crippen LogP contribution is 2.11. The Bertz CT molecular complexity index is 450. The number of hydrogen-bond donors (Lipinski definition) is 0. The Morgan fingerprint density at radius 2 is 1.88 bits per heavy atom. The number of rotatable bonds is 5. The van der Waals surface area contributed by atoms with Gasteiger partial charge in [-0.15, -0.1) is 0 Å². The predicted molar refractivity (Wildman–Crippen MR) is 60.8 cm³/mol. The van der Waals surface area contributed by atoms with E-state index in [9.17, 15) is 13.2 Å². The van der Waals surface area contributed by atoms with Gasteiger partial charge in [-0.2, -0.15) is 8.42 Å². The molecule has 1 unspecified atom stereocenters. The summed E-state index contributed by atoms with van der Waals surface area (Å²) in [5, 5.41) is 0. The molecule has 16 heavy (non-hydrogen) atoms. The van der Waals surface area contributed by atoms with Gasteiger partial charge in [-0.25, -0.2) is 0 Å². The summed E-state index contributed by atoms with van der Waals surface area (Å²) in [6, 6.07) is 8.50. The molecule has 0 saturated carbocycles. The maximum atomic E-state index is 11.9. The van der Waals surface area contributed by atoms with E-state index in [1.807, 2.05) is 0 Å². The first-order valence-corrected chi connectivity index (χ1v) is 6.73. The van der Waals surface area contributed by atoms with E-state index in [0.29, 0.717) is 12.0 Å². The fourth-order valence-corrected chi connectivity index (χ4v) is 1.94. The van der Waals surface area contributed by atoms with Crippen molar-refractivity contribution in [3.05, 3.63) is 35.9 Å². The van der Waals surface area contributed by atoms with Gasteiger partial charge in [-0.1, -0.05) is 37.3 Å². The van der Waals surface area contributed by atoms with Crippen LogP contribution in [-0.2, 0) is 14.3 Å². The third-order valence-electron chi connectivity index (χ3n) is 2.01. The maximum Gasteiger partial charge on any atom is 0.265 e. The minimum Gasteiger partial charge on any atom is -0.291 e. The molecule has 88 valence electrons. The third kappa shape index (κ3) is 3.75. The topological polar surface area (TPSA) is 60.4 Å². The van der Waals surface area contributed by atoms with Crippen molar-refractivity contribution in [2.75, 3.05) is 6.26 Å². The molecule has 0 aliphatic rings. The van der Waals surface area contributed by atoms with Crippen molar-refractivity contribution < 1.29 is 17.4 Å². The van der Waals surface area contributed by atoms with E-state index in [4.69, 9.17) is 4.18 Å². The molecule has 0 fully saturated rings. The number of carbonyl (C=O) groups is 1. The summed E-state index contributed by atoms with van der Waals surface area (Å²) in [4.78, 5) is 11.9. The van der Waals surface area contributed by atoms with Gasteiger partial charge in [0.25, 0.3) is 10.1 Å². The lowest BCUT2D eigenvalue weighted by molar-refractivity contribution is 0.0797. The highest BCUT2D eigenvalue weighted by atomic mass is 32.2. The molecule has 0 aliphatic carbocycles. The number of benzene rings is 1. The molecule has 1 atom stereocenters. The zero-order valence-corrected chi connectivity index (χ0v) is 10.0. The summed E-state index contributed by atoms with van der Waals surface area (Å²) >= 11 is 0. The Balaban J connectivity index is 2.87. The Hall–Kier alpha value is -1.20. The lowest BCUT2D eigenvalue weighted by Crippen LogP contribution is -2.26. The standard InChI is InChI=1S/C11H14O4S/c1-3-10(15-16(2,13)14)11(12)9-7-5-4-6-8-9/h4-8,10H,3H2,1-2H3. The first kappa shape index (κ1) is 12.9. The molecule has 4 nitrogen and oxygen atoms in total. The summed E-state index contributed by atoms with van der Waals surface area (Å²) in [5.74, 6) is -0.312. The summed E-state index contributed by atoms with van der Waals surface area (Å²) in [6.45, 7) is 1.71. The Morgan fingerprint density at radius 1 is 1.31 bits per heavy atom. The summed E-state index contributed by atoms with van der Waals surface area (Å²) < 4.78 is 26.6. The monoisotopic (exact) mass is 242 g/mol. The van der Waals surface area contributed by atoms with Crippen LogP contribution in [0.25, 0.3) is 0 Å². The van der Waals surface area contributed by atoms with Gasteiger partial charge in [-0.3, -0.25) is 8.98 Å². The second kappa shape index (κ2) is 5.23. The maximum absolute atomic E-state index is 11.9. The molecule has 0 bridgehead atoms. The van der Waals surface area contributed by atoms with Crippen molar-refractivity contribution in [1.29, 1.82) is 0 Å². The van der Waals surface area contributed by atoms with Crippen LogP contribution < -0.4 is 0 Å². The molecule has 5 heteroatoms. The second-order valence-electron chi connectivity index (χ2n) is 3.43. The van der Waals surface area contributed by atoms with Gasteiger partial charge < -0.3 is 0 Å². The van der Waals surface area contributed by atoms with Crippen LogP contribution in [0.15, 0.2) is 30.3 Å². The van der Waals surface area contributed by atoms with E-state index in [1.54, 1.807) is 37.3 Å². The molecule has 0 amide bonds. The molecular weight excluding hydrogens is 228 g/mol. The average Bonchev–Trinajstić information content (AvgIpc) is 2.25. The molecule has 0 heterocycles. The summed E-state index contributed by atoms with van der Waals surface area (Å²) in [6.07, 6.45) is 0.326. The fourth-order valence-electron chi connectivity index (χ4n) is 1.30. The van der Waals surface area contributed by atoms with Crippen LogP contribution in [0.4, 0.5) is 0 Å². The van der Waals surface area contributed by atoms with Crippen LogP contribution in [-0.4, -0.2) is 26.6 Å². The normalized spacial score (nSPS) is 13.4. The smallest absolute Gasteiger partial charge is 0.265 e. The molecule has 0 spiro atoms. The Kier molecular flexibility index (Phi) is 4.20. The Labute approximate surface area is 95.4 Å². The first-order valence-electron chi connectivity index (χ1n) is 4.91. The van der Waals surface area contributed by atoms with Crippen LogP contribution in [0.1, 0.15) is 23.7 Å². The summed E-state index contributed by atoms with van der Waals surface area (Å²) in [5.41, 5.74) is 0.456. The van der Waals surface area contributed by atoms with Crippen LogP contribution >= 0.6 is 0 Å². The van der Waals surface area contributed by atoms with E-state index in [2.05, 4.69) is 0 Å². The number of ketones is 1. The number of carbonyl (C=O) groups excluding carboxylic acids is 1. The first-order chi connectivity index (χ1) is 7.44. The Morgan fingerprint density at radius 3 is 2.31 bits per heavy atom. The van der Waals surface area contributed by atoms with Gasteiger partial charge in [0, 0.05) is 5.56 Å². The lowest BCUT2D eigenvalue weighted by atomic mass is 10.1. The predicted octanol–water partition coefficient (Wildman–Crippen LogP) is 1.62. The SMILES string of the molecule is CCC(OS(C)(=O)=O)C(=O)c1ccccc1. The van der Waals surface area contributed by atoms with E-state index >= 15 is 0 Å². The molecule has 1 aromatic carbocycles. The van der Waals surface area contributed by atoms with Gasteiger partial charge in [-0.05, 0) is 6.42 Å². The minimum atomic E-state index is -3.61. The van der Waals surface area contributed by atoms with E-state index in [1.165, 1.54) is 0 Å². The fraction of sp³-hybridized carbons (Fsp3) is 0.364. The van der Waals surface area contributed by atoms with Crippen LogP contribution in [0, 0.1) is 0 Å². The number of hydrogen-bond acceptors (Lipinski definition) is 4. The average molecular weight is 242 g/mol. The van der Waals surface area contributed by atoms with Crippen LogP contribution in [0.5, 0.6) is 0 Å². The zero-order chi connectivity index (χ0) is 12.2. The molecular formula is C11H14O4S. The van der Waals surface area contributed by atoms with Crippen molar-refractivity contribution in [2.45, 2.75) is 19.4 Å². The highest BCUT2D eigenvalue weighted by molar-refractivity contribution is 7.86. The molecule has 0 radical (unpaired) electrons. The third-order valence-corrected chi connectivity index (χ3v) is 2.59. The lowest BCUT2D eigenvalue weighted by Gasteiger charge is -2.12. The van der Waals surface area contributed by atoms with Gasteiger partial charge >= 0.3 is 0 Å². The highest BCUT2D eigenvalue weighted by Gasteiger charge is 2.22. The molecule has 1 rings (SSSR count). The van der Waals surface area contributed by atoms with Gasteiger partial charge in [0.1, 0.15) is 6.10 Å². The minimum absolute atomic E-state index is 0.312. The van der Waals surface area contributed by atoms with Crippen molar-refractivity contribution in [1.82, 2.24) is 0 Å². The van der Waals surface area contributed by atoms with Gasteiger partial charge in [0.15, 0.2) is 5.78 Å². The quantitative estimate of drug-likeness (QED) is 0.581. The largest absolute Gasteiger partial charge is 0.291 e. The number of Topliss-reactive ketones (excluding diaryl/α,β-unsaturated/α-hetero) is 1.